The van der Waals surface area contributed by atoms with Gasteiger partial charge in [0.15, 0.2) is 0 Å². The van der Waals surface area contributed by atoms with E-state index in [1.807, 2.05) is 6.92 Å². The summed E-state index contributed by atoms with van der Waals surface area (Å²) in [6.45, 7) is 2.54. The quantitative estimate of drug-likeness (QED) is 0.806. The Morgan fingerprint density at radius 1 is 1.38 bits per heavy atom. The Hall–Kier alpha value is -2.90. The van der Waals surface area contributed by atoms with Crippen LogP contribution in [0.15, 0.2) is 30.6 Å². The smallest absolute Gasteiger partial charge is 0.340 e. The first-order valence-corrected chi connectivity index (χ1v) is 6.13. The van der Waals surface area contributed by atoms with Gasteiger partial charge >= 0.3 is 12.0 Å². The van der Waals surface area contributed by atoms with Gasteiger partial charge in [-0.15, -0.1) is 0 Å². The molecular weight excluding hydrogens is 279 g/mol. The Morgan fingerprint density at radius 3 is 2.76 bits per heavy atom. The number of amides is 2. The monoisotopic (exact) mass is 292 g/mol. The summed E-state index contributed by atoms with van der Waals surface area (Å²) in [5.41, 5.74) is -0.262. The molecule has 1 heterocycles. The molecule has 8 heteroatoms. The summed E-state index contributed by atoms with van der Waals surface area (Å²) >= 11 is 0. The first kappa shape index (κ1) is 14.5. The van der Waals surface area contributed by atoms with Crippen molar-refractivity contribution in [2.75, 3.05) is 10.6 Å². The molecule has 0 atom stereocenters. The molecule has 110 valence electrons. The third-order valence-electron chi connectivity index (χ3n) is 2.69. The van der Waals surface area contributed by atoms with Gasteiger partial charge in [0.05, 0.1) is 17.6 Å². The molecule has 0 saturated heterocycles. The maximum Gasteiger partial charge on any atom is 0.340 e. The molecular formula is C13H13FN4O3. The molecule has 7 nitrogen and oxygen atoms in total. The first-order chi connectivity index (χ1) is 10.0. The summed E-state index contributed by atoms with van der Waals surface area (Å²) < 4.78 is 15.1. The highest BCUT2D eigenvalue weighted by Gasteiger charge is 2.17. The predicted octanol–water partition coefficient (Wildman–Crippen LogP) is 2.38. The molecule has 0 spiro atoms. The van der Waals surface area contributed by atoms with Crippen molar-refractivity contribution in [1.82, 2.24) is 9.78 Å². The second-order valence-electron chi connectivity index (χ2n) is 4.13. The molecule has 0 saturated carbocycles. The Kier molecular flexibility index (Phi) is 4.17. The van der Waals surface area contributed by atoms with E-state index in [1.54, 1.807) is 10.9 Å². The standard InChI is InChI=1S/C13H13FN4O3/c1-2-18-7-8(6-15-18)16-13(21)17-10-5-3-4-9(14)11(10)12(19)20/h3-7H,2H2,1H3,(H,19,20)(H2,16,17,21). The average molecular weight is 292 g/mol. The average Bonchev–Trinajstić information content (AvgIpc) is 2.85. The van der Waals surface area contributed by atoms with Gasteiger partial charge < -0.3 is 15.7 Å². The number of nitrogens with zero attached hydrogens (tertiary/aromatic N) is 2. The van der Waals surface area contributed by atoms with E-state index < -0.39 is 23.4 Å². The molecule has 1 aromatic heterocycles. The fourth-order valence-electron chi connectivity index (χ4n) is 1.73. The van der Waals surface area contributed by atoms with E-state index in [9.17, 15) is 14.0 Å². The fourth-order valence-corrected chi connectivity index (χ4v) is 1.73. The SMILES string of the molecule is CCn1cc(NC(=O)Nc2cccc(F)c2C(=O)O)cn1. The van der Waals surface area contributed by atoms with E-state index in [-0.39, 0.29) is 5.69 Å². The molecule has 0 aliphatic rings. The van der Waals surface area contributed by atoms with Gasteiger partial charge in [-0.3, -0.25) is 4.68 Å². The second-order valence-corrected chi connectivity index (χ2v) is 4.13. The number of benzene rings is 1. The molecule has 3 N–H and O–H groups in total. The minimum atomic E-state index is -1.46. The summed E-state index contributed by atoms with van der Waals surface area (Å²) in [4.78, 5) is 22.8. The number of aryl methyl sites for hydroxylation is 1. The maximum atomic E-state index is 13.5. The van der Waals surface area contributed by atoms with E-state index in [0.717, 1.165) is 6.07 Å². The van der Waals surface area contributed by atoms with Crippen molar-refractivity contribution >= 4 is 23.4 Å². The number of nitrogens with one attached hydrogen (secondary N) is 2. The lowest BCUT2D eigenvalue weighted by molar-refractivity contribution is 0.0693. The van der Waals surface area contributed by atoms with Gasteiger partial charge in [-0.25, -0.2) is 14.0 Å². The highest BCUT2D eigenvalue weighted by Crippen LogP contribution is 2.19. The van der Waals surface area contributed by atoms with Gasteiger partial charge in [-0.1, -0.05) is 6.07 Å². The molecule has 0 aliphatic heterocycles. The zero-order chi connectivity index (χ0) is 15.4. The molecule has 0 fully saturated rings. The summed E-state index contributed by atoms with van der Waals surface area (Å²) in [5.74, 6) is -2.37. The van der Waals surface area contributed by atoms with Crippen molar-refractivity contribution in [3.63, 3.8) is 0 Å². The van der Waals surface area contributed by atoms with Crippen LogP contribution in [0.3, 0.4) is 0 Å². The molecule has 2 rings (SSSR count). The minimum absolute atomic E-state index is 0.122. The third kappa shape index (κ3) is 3.35. The Morgan fingerprint density at radius 2 is 2.14 bits per heavy atom. The van der Waals surface area contributed by atoms with E-state index in [0.29, 0.717) is 12.2 Å². The van der Waals surface area contributed by atoms with Crippen molar-refractivity contribution in [3.8, 4) is 0 Å². The van der Waals surface area contributed by atoms with E-state index in [2.05, 4.69) is 15.7 Å². The zero-order valence-corrected chi connectivity index (χ0v) is 11.1. The number of halogens is 1. The number of anilines is 2. The van der Waals surface area contributed by atoms with Gasteiger partial charge in [-0.05, 0) is 19.1 Å². The molecule has 1 aromatic carbocycles. The van der Waals surface area contributed by atoms with Crippen molar-refractivity contribution in [3.05, 3.63) is 42.0 Å². The van der Waals surface area contributed by atoms with Crippen LogP contribution < -0.4 is 10.6 Å². The number of rotatable bonds is 4. The van der Waals surface area contributed by atoms with Crippen LogP contribution in [0.25, 0.3) is 0 Å². The summed E-state index contributed by atoms with van der Waals surface area (Å²) in [7, 11) is 0. The van der Waals surface area contributed by atoms with E-state index in [4.69, 9.17) is 5.11 Å². The topological polar surface area (TPSA) is 96.2 Å². The van der Waals surface area contributed by atoms with Gasteiger partial charge in [0.2, 0.25) is 0 Å². The van der Waals surface area contributed by atoms with Gasteiger partial charge in [0, 0.05) is 12.7 Å². The lowest BCUT2D eigenvalue weighted by Gasteiger charge is -2.09. The minimum Gasteiger partial charge on any atom is -0.478 e. The Labute approximate surface area is 119 Å². The van der Waals surface area contributed by atoms with Crippen LogP contribution >= 0.6 is 0 Å². The highest BCUT2D eigenvalue weighted by atomic mass is 19.1. The summed E-state index contributed by atoms with van der Waals surface area (Å²) in [6, 6.07) is 2.95. The number of urea groups is 1. The van der Waals surface area contributed by atoms with Crippen molar-refractivity contribution in [1.29, 1.82) is 0 Å². The van der Waals surface area contributed by atoms with Crippen LogP contribution in [-0.2, 0) is 6.54 Å². The summed E-state index contributed by atoms with van der Waals surface area (Å²) in [5, 5.41) is 17.7. The Balaban J connectivity index is 2.13. The van der Waals surface area contributed by atoms with Gasteiger partial charge in [0.25, 0.3) is 0 Å². The van der Waals surface area contributed by atoms with Crippen LogP contribution in [0, 0.1) is 5.82 Å². The molecule has 0 aliphatic carbocycles. The number of carbonyl (C=O) groups is 2. The predicted molar refractivity (Wildman–Crippen MR) is 73.9 cm³/mol. The molecule has 2 amide bonds. The zero-order valence-electron chi connectivity index (χ0n) is 11.1. The molecule has 21 heavy (non-hydrogen) atoms. The second kappa shape index (κ2) is 6.04. The normalized spacial score (nSPS) is 10.2. The van der Waals surface area contributed by atoms with E-state index in [1.165, 1.54) is 18.3 Å². The number of carboxylic acid groups (broad SMARTS) is 1. The molecule has 0 bridgehead atoms. The van der Waals surface area contributed by atoms with Crippen molar-refractivity contribution in [2.24, 2.45) is 0 Å². The van der Waals surface area contributed by atoms with Gasteiger partial charge in [-0.2, -0.15) is 5.10 Å². The van der Waals surface area contributed by atoms with Crippen LogP contribution in [0.2, 0.25) is 0 Å². The lowest BCUT2D eigenvalue weighted by Crippen LogP contribution is -2.21. The molecule has 2 aromatic rings. The number of aromatic nitrogens is 2. The number of carbonyl (C=O) groups excluding carboxylic acids is 1. The molecule has 0 radical (unpaired) electrons. The van der Waals surface area contributed by atoms with Crippen molar-refractivity contribution < 1.29 is 19.1 Å². The summed E-state index contributed by atoms with van der Waals surface area (Å²) in [6.07, 6.45) is 3.07. The van der Waals surface area contributed by atoms with Crippen LogP contribution in [-0.4, -0.2) is 26.9 Å². The molecule has 0 unspecified atom stereocenters. The Bertz CT molecular complexity index is 684. The number of aromatic carboxylic acids is 1. The van der Waals surface area contributed by atoms with E-state index >= 15 is 0 Å². The first-order valence-electron chi connectivity index (χ1n) is 6.13. The fraction of sp³-hybridized carbons (Fsp3) is 0.154. The number of hydrogen-bond acceptors (Lipinski definition) is 3. The lowest BCUT2D eigenvalue weighted by atomic mass is 10.1. The highest BCUT2D eigenvalue weighted by molar-refractivity contribution is 6.04. The maximum absolute atomic E-state index is 13.5. The number of hydrogen-bond donors (Lipinski definition) is 3. The van der Waals surface area contributed by atoms with Gasteiger partial charge in [0.1, 0.15) is 11.4 Å². The number of carboxylic acids is 1. The third-order valence-corrected chi connectivity index (χ3v) is 2.69. The van der Waals surface area contributed by atoms with Crippen molar-refractivity contribution in [2.45, 2.75) is 13.5 Å². The van der Waals surface area contributed by atoms with Crippen LogP contribution in [0.1, 0.15) is 17.3 Å². The largest absolute Gasteiger partial charge is 0.478 e. The van der Waals surface area contributed by atoms with Crippen LogP contribution in [0.4, 0.5) is 20.6 Å². The van der Waals surface area contributed by atoms with Crippen LogP contribution in [0.5, 0.6) is 0 Å².